The van der Waals surface area contributed by atoms with Gasteiger partial charge in [-0.25, -0.2) is 0 Å². The molecule has 134 valence electrons. The Bertz CT molecular complexity index is 269. The summed E-state index contributed by atoms with van der Waals surface area (Å²) >= 11 is 0. The van der Waals surface area contributed by atoms with Crippen molar-refractivity contribution in [2.45, 2.75) is 103 Å². The van der Waals surface area contributed by atoms with E-state index in [0.29, 0.717) is 0 Å². The Morgan fingerprint density at radius 1 is 0.864 bits per heavy atom. The van der Waals surface area contributed by atoms with Crippen molar-refractivity contribution < 1.29 is 4.43 Å². The molecule has 22 heavy (non-hydrogen) atoms. The SMILES string of the molecule is CCCCO[Si](C)(C)CCCN[Si](C(C)C)(C(C)C)C(C)C. The maximum Gasteiger partial charge on any atom is 0.186 e. The average Bonchev–Trinajstić information content (AvgIpc) is 2.37. The quantitative estimate of drug-likeness (QED) is 0.337. The third kappa shape index (κ3) is 6.85. The summed E-state index contributed by atoms with van der Waals surface area (Å²) in [7, 11) is -2.87. The van der Waals surface area contributed by atoms with Gasteiger partial charge in [-0.2, -0.15) is 0 Å². The van der Waals surface area contributed by atoms with Crippen LogP contribution in [0.3, 0.4) is 0 Å². The van der Waals surface area contributed by atoms with Crippen LogP contribution in [0.1, 0.15) is 67.7 Å². The van der Waals surface area contributed by atoms with Crippen molar-refractivity contribution in [3.63, 3.8) is 0 Å². The predicted molar refractivity (Wildman–Crippen MR) is 107 cm³/mol. The van der Waals surface area contributed by atoms with Gasteiger partial charge in [0.1, 0.15) is 8.24 Å². The highest BCUT2D eigenvalue weighted by Gasteiger charge is 2.42. The molecule has 0 spiro atoms. The number of hydrogen-bond acceptors (Lipinski definition) is 2. The monoisotopic (exact) mass is 345 g/mol. The minimum atomic E-state index is -1.44. The zero-order valence-corrected chi connectivity index (χ0v) is 18.9. The Morgan fingerprint density at radius 3 is 1.77 bits per heavy atom. The van der Waals surface area contributed by atoms with Crippen LogP contribution in [0, 0.1) is 0 Å². The fraction of sp³-hybridized carbons (Fsp3) is 1.00. The van der Waals surface area contributed by atoms with E-state index in [9.17, 15) is 0 Å². The summed E-state index contributed by atoms with van der Waals surface area (Å²) in [5.74, 6) is 0. The van der Waals surface area contributed by atoms with E-state index in [1.165, 1.54) is 31.9 Å². The molecule has 0 aromatic rings. The minimum absolute atomic E-state index is 0.790. The maximum absolute atomic E-state index is 6.17. The highest BCUT2D eigenvalue weighted by atomic mass is 28.4. The summed E-state index contributed by atoms with van der Waals surface area (Å²) in [6, 6.07) is 1.28. The van der Waals surface area contributed by atoms with Gasteiger partial charge >= 0.3 is 0 Å². The smallest absolute Gasteiger partial charge is 0.186 e. The molecule has 0 rings (SSSR count). The van der Waals surface area contributed by atoms with Crippen LogP contribution in [0.2, 0.25) is 35.8 Å². The lowest BCUT2D eigenvalue weighted by atomic mass is 10.4. The largest absolute Gasteiger partial charge is 0.417 e. The number of unbranched alkanes of at least 4 members (excludes halogenated alkanes) is 1. The van der Waals surface area contributed by atoms with E-state index < -0.39 is 16.6 Å². The summed E-state index contributed by atoms with van der Waals surface area (Å²) in [6.45, 7) is 23.7. The van der Waals surface area contributed by atoms with Gasteiger partial charge in [-0.1, -0.05) is 54.9 Å². The van der Waals surface area contributed by atoms with Crippen LogP contribution in [-0.2, 0) is 4.43 Å². The zero-order valence-electron chi connectivity index (χ0n) is 16.9. The van der Waals surface area contributed by atoms with Crippen molar-refractivity contribution in [3.8, 4) is 0 Å². The Kier molecular flexibility index (Phi) is 10.4. The number of rotatable bonds is 12. The molecule has 0 heterocycles. The van der Waals surface area contributed by atoms with Gasteiger partial charge in [-0.15, -0.1) is 0 Å². The minimum Gasteiger partial charge on any atom is -0.417 e. The molecule has 0 aliphatic heterocycles. The summed E-state index contributed by atoms with van der Waals surface area (Å²) in [6.07, 6.45) is 3.71. The molecular weight excluding hydrogens is 302 g/mol. The highest BCUT2D eigenvalue weighted by molar-refractivity contribution is 6.81. The Hall–Kier alpha value is 0.354. The molecule has 0 unspecified atom stereocenters. The topological polar surface area (TPSA) is 21.3 Å². The van der Waals surface area contributed by atoms with Crippen LogP contribution >= 0.6 is 0 Å². The Morgan fingerprint density at radius 2 is 1.36 bits per heavy atom. The molecule has 0 aliphatic rings. The maximum atomic E-state index is 6.17. The fourth-order valence-corrected chi connectivity index (χ4v) is 11.7. The van der Waals surface area contributed by atoms with Crippen molar-refractivity contribution in [2.24, 2.45) is 0 Å². The van der Waals surface area contributed by atoms with Crippen LogP contribution < -0.4 is 4.98 Å². The van der Waals surface area contributed by atoms with Crippen LogP contribution in [0.4, 0.5) is 0 Å². The standard InChI is InChI=1S/C18H43NOSi2/c1-10-11-14-20-21(8,9)15-12-13-19-22(16(2)3,17(4)5)18(6)7/h16-19H,10-15H2,1-9H3. The molecule has 0 saturated heterocycles. The molecule has 0 aliphatic carbocycles. The van der Waals surface area contributed by atoms with Gasteiger partial charge < -0.3 is 9.41 Å². The second-order valence-corrected chi connectivity index (χ2v) is 18.4. The molecule has 0 saturated carbocycles. The summed E-state index contributed by atoms with van der Waals surface area (Å²) in [5.41, 5.74) is 2.37. The van der Waals surface area contributed by atoms with E-state index in [1.807, 2.05) is 0 Å². The van der Waals surface area contributed by atoms with Gasteiger partial charge in [0.05, 0.1) is 0 Å². The van der Waals surface area contributed by atoms with Crippen molar-refractivity contribution in [1.29, 1.82) is 0 Å². The molecule has 1 N–H and O–H groups in total. The third-order valence-electron chi connectivity index (χ3n) is 5.24. The third-order valence-corrected chi connectivity index (χ3v) is 14.4. The van der Waals surface area contributed by atoms with E-state index >= 15 is 0 Å². The van der Waals surface area contributed by atoms with E-state index in [-0.39, 0.29) is 0 Å². The molecule has 0 aromatic carbocycles. The lowest BCUT2D eigenvalue weighted by Crippen LogP contribution is -2.58. The normalized spacial score (nSPS) is 13.6. The molecule has 0 fully saturated rings. The Balaban J connectivity index is 4.40. The first-order valence-corrected chi connectivity index (χ1v) is 14.8. The van der Waals surface area contributed by atoms with Gasteiger partial charge in [-0.3, -0.25) is 0 Å². The summed E-state index contributed by atoms with van der Waals surface area (Å²) < 4.78 is 6.17. The second kappa shape index (κ2) is 10.3. The van der Waals surface area contributed by atoms with E-state index in [1.54, 1.807) is 0 Å². The van der Waals surface area contributed by atoms with Crippen LogP contribution in [0.15, 0.2) is 0 Å². The first-order chi connectivity index (χ1) is 10.1. The molecule has 0 amide bonds. The van der Waals surface area contributed by atoms with Crippen molar-refractivity contribution in [3.05, 3.63) is 0 Å². The average molecular weight is 346 g/mol. The molecule has 0 bridgehead atoms. The molecule has 0 radical (unpaired) electrons. The van der Waals surface area contributed by atoms with Crippen molar-refractivity contribution in [2.75, 3.05) is 13.2 Å². The first kappa shape index (κ1) is 22.4. The van der Waals surface area contributed by atoms with Gasteiger partial charge in [0.15, 0.2) is 8.32 Å². The van der Waals surface area contributed by atoms with Gasteiger partial charge in [0, 0.05) is 6.61 Å². The zero-order chi connectivity index (χ0) is 17.4. The lowest BCUT2D eigenvalue weighted by Gasteiger charge is -2.44. The first-order valence-electron chi connectivity index (χ1n) is 9.49. The Labute approximate surface area is 143 Å². The van der Waals surface area contributed by atoms with E-state index in [2.05, 4.69) is 66.5 Å². The van der Waals surface area contributed by atoms with Crippen molar-refractivity contribution >= 4 is 16.6 Å². The predicted octanol–water partition coefficient (Wildman–Crippen LogP) is 6.16. The van der Waals surface area contributed by atoms with Crippen molar-refractivity contribution in [1.82, 2.24) is 4.98 Å². The molecular formula is C18H43NOSi2. The van der Waals surface area contributed by atoms with Gasteiger partial charge in [0.25, 0.3) is 0 Å². The molecule has 2 nitrogen and oxygen atoms in total. The van der Waals surface area contributed by atoms with Gasteiger partial charge in [-0.05, 0) is 55.1 Å². The molecule has 4 heteroatoms. The molecule has 0 aromatic heterocycles. The molecule has 0 atom stereocenters. The number of hydrogen-bond donors (Lipinski definition) is 1. The second-order valence-electron chi connectivity index (χ2n) is 8.39. The van der Waals surface area contributed by atoms with E-state index in [0.717, 1.165) is 23.2 Å². The summed E-state index contributed by atoms with van der Waals surface area (Å²) in [4.78, 5) is 4.08. The summed E-state index contributed by atoms with van der Waals surface area (Å²) in [5, 5.41) is 0. The van der Waals surface area contributed by atoms with Crippen LogP contribution in [0.25, 0.3) is 0 Å². The van der Waals surface area contributed by atoms with E-state index in [4.69, 9.17) is 4.43 Å². The number of nitrogens with one attached hydrogen (secondary N) is 1. The van der Waals surface area contributed by atoms with Crippen LogP contribution in [0.5, 0.6) is 0 Å². The highest BCUT2D eigenvalue weighted by Crippen LogP contribution is 2.39. The lowest BCUT2D eigenvalue weighted by molar-refractivity contribution is 0.298. The fourth-order valence-electron chi connectivity index (χ4n) is 4.00. The van der Waals surface area contributed by atoms with Gasteiger partial charge in [0.2, 0.25) is 0 Å². The van der Waals surface area contributed by atoms with Crippen LogP contribution in [-0.4, -0.2) is 29.7 Å².